The molecule has 4 heteroatoms. The zero-order valence-electron chi connectivity index (χ0n) is 10.7. The lowest BCUT2D eigenvalue weighted by Gasteiger charge is -2.25. The van der Waals surface area contributed by atoms with Crippen LogP contribution in [0.2, 0.25) is 0 Å². The van der Waals surface area contributed by atoms with Gasteiger partial charge in [-0.15, -0.1) is 0 Å². The van der Waals surface area contributed by atoms with Crippen LogP contribution >= 0.6 is 0 Å². The molecule has 1 aromatic rings. The fourth-order valence-electron chi connectivity index (χ4n) is 1.93. The number of fused-ring (bicyclic) bond motifs is 1. The van der Waals surface area contributed by atoms with Crippen LogP contribution in [0.5, 0.6) is 5.75 Å². The van der Waals surface area contributed by atoms with Gasteiger partial charge in [-0.3, -0.25) is 4.79 Å². The van der Waals surface area contributed by atoms with Gasteiger partial charge in [0.15, 0.2) is 5.78 Å². The maximum atomic E-state index is 11.8. The lowest BCUT2D eigenvalue weighted by molar-refractivity contribution is -0.145. The molecule has 1 aromatic carbocycles. The number of ether oxygens (including phenoxy) is 1. The Morgan fingerprint density at radius 3 is 2.61 bits per heavy atom. The van der Waals surface area contributed by atoms with Crippen molar-refractivity contribution in [2.75, 3.05) is 0 Å². The number of rotatable bonds is 1. The highest BCUT2D eigenvalue weighted by Gasteiger charge is 2.32. The number of benzene rings is 1. The Hall–Kier alpha value is -1.84. The van der Waals surface area contributed by atoms with E-state index in [1.54, 1.807) is 12.1 Å². The summed E-state index contributed by atoms with van der Waals surface area (Å²) in [4.78, 5) is 22.7. The first kappa shape index (κ1) is 12.6. The number of carboxylic acids is 1. The normalized spacial score (nSPS) is 19.1. The topological polar surface area (TPSA) is 63.6 Å². The van der Waals surface area contributed by atoms with Crippen molar-refractivity contribution in [1.29, 1.82) is 0 Å². The van der Waals surface area contributed by atoms with Crippen LogP contribution in [0.1, 0.15) is 43.1 Å². The van der Waals surface area contributed by atoms with E-state index in [2.05, 4.69) is 0 Å². The number of Topliss-reactive ketones (excluding diaryl/α,β-unsaturated/α-hetero) is 1. The quantitative estimate of drug-likeness (QED) is 0.828. The van der Waals surface area contributed by atoms with E-state index in [4.69, 9.17) is 9.84 Å². The summed E-state index contributed by atoms with van der Waals surface area (Å²) in [5.74, 6) is -0.898. The van der Waals surface area contributed by atoms with Crippen molar-refractivity contribution in [3.8, 4) is 5.75 Å². The van der Waals surface area contributed by atoms with Gasteiger partial charge < -0.3 is 9.84 Å². The predicted octanol–water partition coefficient (Wildman–Crippen LogP) is 2.40. The highest BCUT2D eigenvalue weighted by molar-refractivity contribution is 6.02. The van der Waals surface area contributed by atoms with Crippen LogP contribution in [-0.4, -0.2) is 23.0 Å². The summed E-state index contributed by atoms with van der Waals surface area (Å²) in [5.41, 5.74) is 1.41. The number of hydrogen-bond donors (Lipinski definition) is 1. The molecule has 0 fully saturated rings. The van der Waals surface area contributed by atoms with Crippen molar-refractivity contribution in [2.24, 2.45) is 0 Å². The van der Waals surface area contributed by atoms with E-state index in [1.165, 1.54) is 0 Å². The minimum absolute atomic E-state index is 0.0718. The van der Waals surface area contributed by atoms with Crippen molar-refractivity contribution in [3.63, 3.8) is 0 Å². The molecule has 4 nitrogen and oxygen atoms in total. The second kappa shape index (κ2) is 4.12. The molecule has 18 heavy (non-hydrogen) atoms. The average Bonchev–Trinajstić information content (AvgIpc) is 2.26. The van der Waals surface area contributed by atoms with Crippen LogP contribution in [0.25, 0.3) is 0 Å². The van der Waals surface area contributed by atoms with E-state index in [0.29, 0.717) is 11.3 Å². The predicted molar refractivity (Wildman–Crippen MR) is 66.1 cm³/mol. The molecule has 1 N–H and O–H groups in total. The standard InChI is InChI=1S/C14H16O4/c1-14(2,3)8-4-5-9-10(15)7-12(13(16)17)18-11(9)6-8/h4-6,12H,7H2,1-3H3,(H,16,17)/t12-/m0/s1. The third-order valence-corrected chi connectivity index (χ3v) is 3.06. The van der Waals surface area contributed by atoms with E-state index in [0.717, 1.165) is 5.56 Å². The SMILES string of the molecule is CC(C)(C)c1ccc2c(c1)O[C@H](C(=O)O)CC2=O. The summed E-state index contributed by atoms with van der Waals surface area (Å²) in [6.07, 6.45) is -1.17. The highest BCUT2D eigenvalue weighted by Crippen LogP contribution is 2.33. The molecule has 0 amide bonds. The molecule has 0 spiro atoms. The first-order valence-electron chi connectivity index (χ1n) is 5.86. The maximum absolute atomic E-state index is 11.8. The van der Waals surface area contributed by atoms with Gasteiger partial charge in [-0.1, -0.05) is 26.8 Å². The monoisotopic (exact) mass is 248 g/mol. The lowest BCUT2D eigenvalue weighted by atomic mass is 9.85. The Balaban J connectivity index is 2.43. The van der Waals surface area contributed by atoms with E-state index in [1.807, 2.05) is 26.8 Å². The molecule has 0 saturated carbocycles. The molecule has 0 unspecified atom stereocenters. The molecule has 0 bridgehead atoms. The van der Waals surface area contributed by atoms with Crippen molar-refractivity contribution in [2.45, 2.75) is 38.7 Å². The smallest absolute Gasteiger partial charge is 0.345 e. The van der Waals surface area contributed by atoms with Gasteiger partial charge in [0.05, 0.1) is 12.0 Å². The second-order valence-electron chi connectivity index (χ2n) is 5.53. The van der Waals surface area contributed by atoms with Gasteiger partial charge in [-0.2, -0.15) is 0 Å². The highest BCUT2D eigenvalue weighted by atomic mass is 16.5. The van der Waals surface area contributed by atoms with Crippen LogP contribution in [-0.2, 0) is 10.2 Å². The molecular formula is C14H16O4. The van der Waals surface area contributed by atoms with Crippen molar-refractivity contribution >= 4 is 11.8 Å². The van der Waals surface area contributed by atoms with Gasteiger partial charge >= 0.3 is 5.97 Å². The zero-order valence-corrected chi connectivity index (χ0v) is 10.7. The molecule has 96 valence electrons. The van der Waals surface area contributed by atoms with Gasteiger partial charge in [-0.05, 0) is 23.1 Å². The van der Waals surface area contributed by atoms with Gasteiger partial charge in [0.1, 0.15) is 5.75 Å². The Labute approximate surface area is 106 Å². The van der Waals surface area contributed by atoms with Gasteiger partial charge in [0, 0.05) is 0 Å². The summed E-state index contributed by atoms with van der Waals surface area (Å²) in [6.45, 7) is 6.15. The fourth-order valence-corrected chi connectivity index (χ4v) is 1.93. The Morgan fingerprint density at radius 1 is 1.39 bits per heavy atom. The summed E-state index contributed by atoms with van der Waals surface area (Å²) in [5, 5.41) is 8.93. The Morgan fingerprint density at radius 2 is 2.06 bits per heavy atom. The molecule has 2 rings (SSSR count). The van der Waals surface area contributed by atoms with Gasteiger partial charge in [-0.25, -0.2) is 4.79 Å². The summed E-state index contributed by atoms with van der Waals surface area (Å²) < 4.78 is 5.38. The number of aliphatic carboxylic acids is 1. The third kappa shape index (κ3) is 2.23. The molecule has 0 saturated heterocycles. The second-order valence-corrected chi connectivity index (χ2v) is 5.53. The summed E-state index contributed by atoms with van der Waals surface area (Å²) >= 11 is 0. The van der Waals surface area contributed by atoms with Crippen molar-refractivity contribution in [3.05, 3.63) is 29.3 Å². The molecule has 1 atom stereocenters. The minimum atomic E-state index is -1.10. The number of hydrogen-bond acceptors (Lipinski definition) is 3. The number of carbonyl (C=O) groups excluding carboxylic acids is 1. The number of carbonyl (C=O) groups is 2. The number of ketones is 1. The van der Waals surface area contributed by atoms with Crippen LogP contribution in [0, 0.1) is 0 Å². The van der Waals surface area contributed by atoms with Crippen LogP contribution in [0.3, 0.4) is 0 Å². The Bertz CT molecular complexity index is 511. The van der Waals surface area contributed by atoms with E-state index in [-0.39, 0.29) is 17.6 Å². The zero-order chi connectivity index (χ0) is 13.5. The van der Waals surface area contributed by atoms with Gasteiger partial charge in [0.2, 0.25) is 6.10 Å². The average molecular weight is 248 g/mol. The van der Waals surface area contributed by atoms with Crippen molar-refractivity contribution < 1.29 is 19.4 Å². The molecular weight excluding hydrogens is 232 g/mol. The van der Waals surface area contributed by atoms with Crippen LogP contribution in [0.15, 0.2) is 18.2 Å². The van der Waals surface area contributed by atoms with E-state index < -0.39 is 12.1 Å². The third-order valence-electron chi connectivity index (χ3n) is 3.06. The van der Waals surface area contributed by atoms with Crippen LogP contribution in [0.4, 0.5) is 0 Å². The maximum Gasteiger partial charge on any atom is 0.345 e. The molecule has 1 heterocycles. The van der Waals surface area contributed by atoms with E-state index >= 15 is 0 Å². The lowest BCUT2D eigenvalue weighted by Crippen LogP contribution is -2.34. The van der Waals surface area contributed by atoms with Gasteiger partial charge in [0.25, 0.3) is 0 Å². The molecule has 0 aliphatic carbocycles. The molecule has 0 radical (unpaired) electrons. The number of carboxylic acid groups (broad SMARTS) is 1. The fraction of sp³-hybridized carbons (Fsp3) is 0.429. The van der Waals surface area contributed by atoms with Crippen molar-refractivity contribution in [1.82, 2.24) is 0 Å². The molecule has 0 aromatic heterocycles. The summed E-state index contributed by atoms with van der Waals surface area (Å²) in [7, 11) is 0. The molecule has 1 aliphatic rings. The molecule has 1 aliphatic heterocycles. The largest absolute Gasteiger partial charge is 0.478 e. The minimum Gasteiger partial charge on any atom is -0.478 e. The summed E-state index contributed by atoms with van der Waals surface area (Å²) in [6, 6.07) is 5.37. The first-order valence-corrected chi connectivity index (χ1v) is 5.86. The van der Waals surface area contributed by atoms with E-state index in [9.17, 15) is 9.59 Å². The van der Waals surface area contributed by atoms with Crippen LogP contribution < -0.4 is 4.74 Å². The first-order chi connectivity index (χ1) is 8.29. The Kier molecular flexibility index (Phi) is 2.89.